The molecule has 19 heavy (non-hydrogen) atoms. The highest BCUT2D eigenvalue weighted by Gasteiger charge is 2.10. The minimum atomic E-state index is 0.520. The smallest absolute Gasteiger partial charge is 0.227 e. The number of benzene rings is 1. The van der Waals surface area contributed by atoms with Crippen LogP contribution in [0.3, 0.4) is 0 Å². The molecule has 100 valence electrons. The zero-order valence-electron chi connectivity index (χ0n) is 11.3. The Morgan fingerprint density at radius 3 is 2.58 bits per heavy atom. The normalized spacial score (nSPS) is 10.1. The topological polar surface area (TPSA) is 56.3 Å². The van der Waals surface area contributed by atoms with Gasteiger partial charge in [0.05, 0.1) is 12.2 Å². The van der Waals surface area contributed by atoms with Gasteiger partial charge in [0.2, 0.25) is 5.88 Å². The van der Waals surface area contributed by atoms with Crippen LogP contribution in [0.15, 0.2) is 30.6 Å². The number of ether oxygens (including phenoxy) is 2. The van der Waals surface area contributed by atoms with E-state index >= 15 is 0 Å². The Balaban J connectivity index is 2.31. The van der Waals surface area contributed by atoms with Gasteiger partial charge in [0, 0.05) is 7.05 Å². The minimum absolute atomic E-state index is 0.520. The van der Waals surface area contributed by atoms with Gasteiger partial charge in [-0.25, -0.2) is 9.97 Å². The lowest BCUT2D eigenvalue weighted by atomic mass is 10.3. The monoisotopic (exact) mass is 259 g/mol. The molecule has 2 aromatic rings. The van der Waals surface area contributed by atoms with Gasteiger partial charge < -0.3 is 14.8 Å². The van der Waals surface area contributed by atoms with Gasteiger partial charge in [-0.15, -0.1) is 0 Å². The van der Waals surface area contributed by atoms with E-state index in [9.17, 15) is 0 Å². The van der Waals surface area contributed by atoms with Gasteiger partial charge >= 0.3 is 0 Å². The third-order valence-electron chi connectivity index (χ3n) is 2.63. The summed E-state index contributed by atoms with van der Waals surface area (Å²) in [4.78, 5) is 8.28. The molecule has 1 N–H and O–H groups in total. The summed E-state index contributed by atoms with van der Waals surface area (Å²) < 4.78 is 11.3. The van der Waals surface area contributed by atoms with E-state index in [4.69, 9.17) is 9.47 Å². The van der Waals surface area contributed by atoms with Crippen molar-refractivity contribution >= 4 is 5.82 Å². The third kappa shape index (κ3) is 2.93. The van der Waals surface area contributed by atoms with E-state index in [1.54, 1.807) is 0 Å². The predicted octanol–water partition coefficient (Wildman–Crippen LogP) is 3.02. The molecule has 0 spiro atoms. The number of rotatable bonds is 5. The molecule has 1 heterocycles. The van der Waals surface area contributed by atoms with E-state index < -0.39 is 0 Å². The molecule has 5 nitrogen and oxygen atoms in total. The molecule has 0 radical (unpaired) electrons. The third-order valence-corrected chi connectivity index (χ3v) is 2.63. The van der Waals surface area contributed by atoms with Crippen molar-refractivity contribution in [3.05, 3.63) is 36.2 Å². The SMILES string of the molecule is CCOc1ccccc1Oc1ncnc(NC)c1C. The summed E-state index contributed by atoms with van der Waals surface area (Å²) in [5.41, 5.74) is 0.858. The Bertz CT molecular complexity index is 558. The molecule has 0 unspecified atom stereocenters. The molecule has 1 aromatic carbocycles. The first kappa shape index (κ1) is 13.1. The molecule has 1 aromatic heterocycles. The van der Waals surface area contributed by atoms with Crippen LogP contribution in [0.2, 0.25) is 0 Å². The molecule has 0 atom stereocenters. The molecule has 0 aliphatic rings. The van der Waals surface area contributed by atoms with Crippen LogP contribution in [0.4, 0.5) is 5.82 Å². The Labute approximate surface area is 112 Å². The molecule has 0 fully saturated rings. The van der Waals surface area contributed by atoms with Crippen molar-refractivity contribution in [3.8, 4) is 17.4 Å². The fourth-order valence-corrected chi connectivity index (χ4v) is 1.70. The fourth-order valence-electron chi connectivity index (χ4n) is 1.70. The predicted molar refractivity (Wildman–Crippen MR) is 74.0 cm³/mol. The highest BCUT2D eigenvalue weighted by molar-refractivity contribution is 5.49. The molecule has 2 rings (SSSR count). The number of hydrogen-bond donors (Lipinski definition) is 1. The summed E-state index contributed by atoms with van der Waals surface area (Å²) in [7, 11) is 1.81. The molecular weight excluding hydrogens is 242 g/mol. The number of nitrogens with zero attached hydrogens (tertiary/aromatic N) is 2. The van der Waals surface area contributed by atoms with E-state index in [2.05, 4.69) is 15.3 Å². The second-order valence-electron chi connectivity index (χ2n) is 3.88. The number of nitrogens with one attached hydrogen (secondary N) is 1. The van der Waals surface area contributed by atoms with Crippen LogP contribution in [-0.4, -0.2) is 23.6 Å². The van der Waals surface area contributed by atoms with Crippen LogP contribution >= 0.6 is 0 Å². The molecule has 5 heteroatoms. The first-order valence-corrected chi connectivity index (χ1v) is 6.15. The molecule has 0 aliphatic heterocycles. The van der Waals surface area contributed by atoms with Crippen molar-refractivity contribution in [2.75, 3.05) is 19.0 Å². The van der Waals surface area contributed by atoms with Crippen LogP contribution in [-0.2, 0) is 0 Å². The van der Waals surface area contributed by atoms with Gasteiger partial charge in [0.25, 0.3) is 0 Å². The highest BCUT2D eigenvalue weighted by Crippen LogP contribution is 2.32. The van der Waals surface area contributed by atoms with Gasteiger partial charge in [0.15, 0.2) is 11.5 Å². The maximum absolute atomic E-state index is 5.82. The average Bonchev–Trinajstić information content (AvgIpc) is 2.43. The quantitative estimate of drug-likeness (QED) is 0.894. The summed E-state index contributed by atoms with van der Waals surface area (Å²) in [6, 6.07) is 7.52. The average molecular weight is 259 g/mol. The van der Waals surface area contributed by atoms with Crippen LogP contribution in [0.25, 0.3) is 0 Å². The second kappa shape index (κ2) is 6.04. The van der Waals surface area contributed by atoms with Crippen molar-refractivity contribution in [1.29, 1.82) is 0 Å². The number of para-hydroxylation sites is 2. The van der Waals surface area contributed by atoms with Crippen molar-refractivity contribution in [3.63, 3.8) is 0 Å². The lowest BCUT2D eigenvalue weighted by Gasteiger charge is -2.13. The first-order chi connectivity index (χ1) is 9.26. The molecule has 0 saturated heterocycles. The number of aromatic nitrogens is 2. The lowest BCUT2D eigenvalue weighted by Crippen LogP contribution is -2.01. The van der Waals surface area contributed by atoms with E-state index in [1.165, 1.54) is 6.33 Å². The van der Waals surface area contributed by atoms with E-state index in [0.717, 1.165) is 11.4 Å². The molecule has 0 aliphatic carbocycles. The van der Waals surface area contributed by atoms with E-state index in [0.29, 0.717) is 24.0 Å². The second-order valence-corrected chi connectivity index (χ2v) is 3.88. The van der Waals surface area contributed by atoms with Crippen LogP contribution in [0.1, 0.15) is 12.5 Å². The van der Waals surface area contributed by atoms with Gasteiger partial charge in [0.1, 0.15) is 12.1 Å². The summed E-state index contributed by atoms with van der Waals surface area (Å²) in [6.45, 7) is 4.43. The van der Waals surface area contributed by atoms with Crippen molar-refractivity contribution in [2.24, 2.45) is 0 Å². The van der Waals surface area contributed by atoms with E-state index in [-0.39, 0.29) is 0 Å². The van der Waals surface area contributed by atoms with Crippen molar-refractivity contribution in [1.82, 2.24) is 9.97 Å². The molecule has 0 amide bonds. The Morgan fingerprint density at radius 2 is 1.89 bits per heavy atom. The first-order valence-electron chi connectivity index (χ1n) is 6.15. The number of anilines is 1. The van der Waals surface area contributed by atoms with Crippen LogP contribution < -0.4 is 14.8 Å². The molecule has 0 saturated carbocycles. The van der Waals surface area contributed by atoms with Crippen molar-refractivity contribution in [2.45, 2.75) is 13.8 Å². The minimum Gasteiger partial charge on any atom is -0.490 e. The Kier molecular flexibility index (Phi) is 4.18. The van der Waals surface area contributed by atoms with Gasteiger partial charge in [-0.2, -0.15) is 0 Å². The van der Waals surface area contributed by atoms with E-state index in [1.807, 2.05) is 45.2 Å². The largest absolute Gasteiger partial charge is 0.490 e. The Hall–Kier alpha value is -2.30. The summed E-state index contributed by atoms with van der Waals surface area (Å²) in [5, 5.41) is 3.00. The van der Waals surface area contributed by atoms with Gasteiger partial charge in [-0.3, -0.25) is 0 Å². The van der Waals surface area contributed by atoms with Crippen LogP contribution in [0.5, 0.6) is 17.4 Å². The summed E-state index contributed by atoms with van der Waals surface area (Å²) >= 11 is 0. The fraction of sp³-hybridized carbons (Fsp3) is 0.286. The summed E-state index contributed by atoms with van der Waals surface area (Å²) in [5.74, 6) is 2.62. The molecule has 0 bridgehead atoms. The molecular formula is C14H17N3O2. The van der Waals surface area contributed by atoms with Gasteiger partial charge in [-0.05, 0) is 26.0 Å². The standard InChI is InChI=1S/C14H17N3O2/c1-4-18-11-7-5-6-8-12(11)19-14-10(2)13(15-3)16-9-17-14/h5-9H,4H2,1-3H3,(H,15,16,17). The maximum atomic E-state index is 5.82. The highest BCUT2D eigenvalue weighted by atomic mass is 16.5. The Morgan fingerprint density at radius 1 is 1.16 bits per heavy atom. The van der Waals surface area contributed by atoms with Crippen molar-refractivity contribution < 1.29 is 9.47 Å². The zero-order chi connectivity index (χ0) is 13.7. The lowest BCUT2D eigenvalue weighted by molar-refractivity contribution is 0.319. The van der Waals surface area contributed by atoms with Gasteiger partial charge in [-0.1, -0.05) is 12.1 Å². The maximum Gasteiger partial charge on any atom is 0.227 e. The zero-order valence-corrected chi connectivity index (χ0v) is 11.3. The number of hydrogen-bond acceptors (Lipinski definition) is 5. The summed E-state index contributed by atoms with van der Waals surface area (Å²) in [6.07, 6.45) is 1.47. The van der Waals surface area contributed by atoms with Crippen LogP contribution in [0, 0.1) is 6.92 Å².